The molecule has 1 unspecified atom stereocenters. The topological polar surface area (TPSA) is 110 Å². The van der Waals surface area contributed by atoms with Gasteiger partial charge >= 0.3 is 0 Å². The molecule has 1 atom stereocenters. The molecule has 0 aromatic carbocycles. The summed E-state index contributed by atoms with van der Waals surface area (Å²) in [4.78, 5) is 11.8. The van der Waals surface area contributed by atoms with Crippen LogP contribution in [0.5, 0.6) is 0 Å². The lowest BCUT2D eigenvalue weighted by molar-refractivity contribution is 0.0934. The molecule has 0 aliphatic heterocycles. The molecule has 0 saturated carbocycles. The number of nitrogens with two attached hydrogens (primary N) is 1. The molecule has 0 aliphatic carbocycles. The number of aromatic amines is 1. The Kier molecular flexibility index (Phi) is 2.99. The van der Waals surface area contributed by atoms with E-state index in [1.165, 1.54) is 12.1 Å². The first-order valence-corrected chi connectivity index (χ1v) is 5.05. The minimum absolute atomic E-state index is 0.152. The Bertz CT molecular complexity index is 492. The number of hydrogen-bond donors (Lipinski definition) is 3. The predicted octanol–water partition coefficient (Wildman–Crippen LogP) is 0.273. The highest BCUT2D eigenvalue weighted by Crippen LogP contribution is 2.09. The average molecular weight is 232 g/mol. The minimum Gasteiger partial charge on any atom is -0.382 e. The van der Waals surface area contributed by atoms with Crippen molar-refractivity contribution in [2.24, 2.45) is 0 Å². The van der Waals surface area contributed by atoms with Crippen LogP contribution in [0, 0.1) is 0 Å². The van der Waals surface area contributed by atoms with E-state index < -0.39 is 0 Å². The second-order valence-electron chi connectivity index (χ2n) is 3.57. The number of nitrogens with zero attached hydrogens (tertiary/aromatic N) is 3. The van der Waals surface area contributed by atoms with E-state index in [4.69, 9.17) is 5.73 Å². The number of rotatable bonds is 3. The third-order valence-corrected chi connectivity index (χ3v) is 2.28. The maximum absolute atomic E-state index is 11.8. The zero-order valence-electron chi connectivity index (χ0n) is 9.21. The SMILES string of the molecule is CC(NC(=O)c1ccc(N)nn1)c1cn[nH]c1. The van der Waals surface area contributed by atoms with Gasteiger partial charge in [-0.2, -0.15) is 5.10 Å². The number of anilines is 1. The quantitative estimate of drug-likeness (QED) is 0.703. The number of carbonyl (C=O) groups is 1. The lowest BCUT2D eigenvalue weighted by Crippen LogP contribution is -2.27. The van der Waals surface area contributed by atoms with Crippen LogP contribution in [0.1, 0.15) is 29.0 Å². The van der Waals surface area contributed by atoms with Gasteiger partial charge in [0, 0.05) is 11.8 Å². The Labute approximate surface area is 97.4 Å². The molecule has 0 spiro atoms. The van der Waals surface area contributed by atoms with E-state index in [9.17, 15) is 4.79 Å². The van der Waals surface area contributed by atoms with E-state index in [1.807, 2.05) is 6.92 Å². The zero-order chi connectivity index (χ0) is 12.3. The fraction of sp³-hybridized carbons (Fsp3) is 0.200. The number of hydrogen-bond acceptors (Lipinski definition) is 5. The molecule has 0 radical (unpaired) electrons. The van der Waals surface area contributed by atoms with Crippen LogP contribution < -0.4 is 11.1 Å². The van der Waals surface area contributed by atoms with Gasteiger partial charge in [-0.25, -0.2) is 0 Å². The van der Waals surface area contributed by atoms with Gasteiger partial charge in [0.15, 0.2) is 5.69 Å². The molecule has 1 amide bonds. The van der Waals surface area contributed by atoms with Crippen LogP contribution >= 0.6 is 0 Å². The van der Waals surface area contributed by atoms with Crippen LogP contribution in [-0.4, -0.2) is 26.3 Å². The van der Waals surface area contributed by atoms with E-state index >= 15 is 0 Å². The fourth-order valence-corrected chi connectivity index (χ4v) is 1.32. The minimum atomic E-state index is -0.300. The van der Waals surface area contributed by atoms with Crippen molar-refractivity contribution in [1.29, 1.82) is 0 Å². The van der Waals surface area contributed by atoms with Gasteiger partial charge in [0.1, 0.15) is 5.82 Å². The highest BCUT2D eigenvalue weighted by molar-refractivity contribution is 5.92. The van der Waals surface area contributed by atoms with Gasteiger partial charge in [-0.1, -0.05) is 0 Å². The molecule has 88 valence electrons. The summed E-state index contributed by atoms with van der Waals surface area (Å²) in [5.74, 6) is -0.0179. The van der Waals surface area contributed by atoms with Gasteiger partial charge in [-0.05, 0) is 19.1 Å². The fourth-order valence-electron chi connectivity index (χ4n) is 1.32. The molecule has 0 aliphatic rings. The van der Waals surface area contributed by atoms with Crippen LogP contribution in [0.25, 0.3) is 0 Å². The van der Waals surface area contributed by atoms with Crippen LogP contribution in [0.15, 0.2) is 24.5 Å². The summed E-state index contributed by atoms with van der Waals surface area (Å²) in [6, 6.07) is 2.91. The summed E-state index contributed by atoms with van der Waals surface area (Å²) in [7, 11) is 0. The Morgan fingerprint density at radius 2 is 2.29 bits per heavy atom. The largest absolute Gasteiger partial charge is 0.382 e. The number of aromatic nitrogens is 4. The van der Waals surface area contributed by atoms with Crippen molar-refractivity contribution in [3.63, 3.8) is 0 Å². The van der Waals surface area contributed by atoms with E-state index in [0.717, 1.165) is 5.56 Å². The Morgan fingerprint density at radius 3 is 2.88 bits per heavy atom. The Hall–Kier alpha value is -2.44. The molecule has 0 bridgehead atoms. The number of H-pyrrole nitrogens is 1. The van der Waals surface area contributed by atoms with Crippen molar-refractivity contribution < 1.29 is 4.79 Å². The van der Waals surface area contributed by atoms with E-state index in [1.54, 1.807) is 12.4 Å². The molecule has 0 fully saturated rings. The van der Waals surface area contributed by atoms with Crippen LogP contribution in [0.3, 0.4) is 0 Å². The first kappa shape index (κ1) is 11.1. The summed E-state index contributed by atoms with van der Waals surface area (Å²) < 4.78 is 0. The van der Waals surface area contributed by atoms with E-state index in [2.05, 4.69) is 25.7 Å². The molecule has 4 N–H and O–H groups in total. The number of carbonyl (C=O) groups excluding carboxylic acids is 1. The van der Waals surface area contributed by atoms with Gasteiger partial charge in [0.05, 0.1) is 12.2 Å². The van der Waals surface area contributed by atoms with Crippen LogP contribution in [-0.2, 0) is 0 Å². The van der Waals surface area contributed by atoms with Crippen molar-refractivity contribution >= 4 is 11.7 Å². The highest BCUT2D eigenvalue weighted by atomic mass is 16.2. The molecule has 17 heavy (non-hydrogen) atoms. The van der Waals surface area contributed by atoms with Crippen molar-refractivity contribution in [1.82, 2.24) is 25.7 Å². The third kappa shape index (κ3) is 2.57. The average Bonchev–Trinajstić information content (AvgIpc) is 2.83. The van der Waals surface area contributed by atoms with Crippen LogP contribution in [0.2, 0.25) is 0 Å². The summed E-state index contributed by atoms with van der Waals surface area (Å²) in [6.07, 6.45) is 3.37. The standard InChI is InChI=1S/C10H12N6O/c1-6(7-4-12-13-5-7)14-10(17)8-2-3-9(11)16-15-8/h2-6H,1H3,(H2,11,16)(H,12,13)(H,14,17). The Morgan fingerprint density at radius 1 is 1.47 bits per heavy atom. The molecule has 2 heterocycles. The maximum atomic E-state index is 11.8. The van der Waals surface area contributed by atoms with E-state index in [-0.39, 0.29) is 23.5 Å². The maximum Gasteiger partial charge on any atom is 0.272 e. The number of amides is 1. The third-order valence-electron chi connectivity index (χ3n) is 2.28. The number of nitrogen functional groups attached to an aromatic ring is 1. The second kappa shape index (κ2) is 4.60. The van der Waals surface area contributed by atoms with Gasteiger partial charge < -0.3 is 11.1 Å². The Balaban J connectivity index is 2.04. The molecule has 2 aromatic rings. The summed E-state index contributed by atoms with van der Waals surface area (Å²) in [5, 5.41) is 16.6. The van der Waals surface area contributed by atoms with Crippen molar-refractivity contribution in [2.45, 2.75) is 13.0 Å². The zero-order valence-corrected chi connectivity index (χ0v) is 9.21. The van der Waals surface area contributed by atoms with Gasteiger partial charge in [-0.15, -0.1) is 10.2 Å². The predicted molar refractivity (Wildman–Crippen MR) is 60.9 cm³/mol. The summed E-state index contributed by atoms with van der Waals surface area (Å²) >= 11 is 0. The molecular formula is C10H12N6O. The normalized spacial score (nSPS) is 12.1. The van der Waals surface area contributed by atoms with Crippen molar-refractivity contribution in [2.75, 3.05) is 5.73 Å². The van der Waals surface area contributed by atoms with Crippen molar-refractivity contribution in [3.05, 3.63) is 35.8 Å². The molecule has 2 rings (SSSR count). The summed E-state index contributed by atoms with van der Waals surface area (Å²) in [5.41, 5.74) is 6.51. The van der Waals surface area contributed by atoms with Gasteiger partial charge in [-0.3, -0.25) is 9.89 Å². The lowest BCUT2D eigenvalue weighted by atomic mass is 10.2. The molecule has 2 aromatic heterocycles. The van der Waals surface area contributed by atoms with E-state index in [0.29, 0.717) is 0 Å². The molecule has 7 nitrogen and oxygen atoms in total. The van der Waals surface area contributed by atoms with Crippen molar-refractivity contribution in [3.8, 4) is 0 Å². The first-order valence-electron chi connectivity index (χ1n) is 5.05. The van der Waals surface area contributed by atoms with Crippen LogP contribution in [0.4, 0.5) is 5.82 Å². The lowest BCUT2D eigenvalue weighted by Gasteiger charge is -2.10. The number of nitrogens with one attached hydrogen (secondary N) is 2. The molecular weight excluding hydrogens is 220 g/mol. The smallest absolute Gasteiger partial charge is 0.272 e. The van der Waals surface area contributed by atoms with Gasteiger partial charge in [0.2, 0.25) is 0 Å². The molecule has 0 saturated heterocycles. The van der Waals surface area contributed by atoms with Gasteiger partial charge in [0.25, 0.3) is 5.91 Å². The monoisotopic (exact) mass is 232 g/mol. The highest BCUT2D eigenvalue weighted by Gasteiger charge is 2.13. The first-order chi connectivity index (χ1) is 8.16. The summed E-state index contributed by atoms with van der Waals surface area (Å²) in [6.45, 7) is 1.85. The molecule has 7 heteroatoms. The second-order valence-corrected chi connectivity index (χ2v) is 3.57.